The number of rotatable bonds is 5. The zero-order valence-corrected chi connectivity index (χ0v) is 11.9. The van der Waals surface area contributed by atoms with E-state index in [0.717, 1.165) is 35.5 Å². The zero-order valence-electron chi connectivity index (χ0n) is 10.3. The summed E-state index contributed by atoms with van der Waals surface area (Å²) in [5.74, 6) is 1.10. The van der Waals surface area contributed by atoms with Gasteiger partial charge in [0.1, 0.15) is 5.82 Å². The van der Waals surface area contributed by atoms with E-state index in [1.54, 1.807) is 0 Å². The molecule has 17 heavy (non-hydrogen) atoms. The smallest absolute Gasteiger partial charge is 0.129 e. The van der Waals surface area contributed by atoms with Crippen molar-refractivity contribution in [3.8, 4) is 0 Å². The Labute approximate surface area is 112 Å². The third-order valence-electron chi connectivity index (χ3n) is 3.42. The molecule has 1 fully saturated rings. The van der Waals surface area contributed by atoms with E-state index in [0.29, 0.717) is 6.04 Å². The monoisotopic (exact) mass is 297 g/mol. The van der Waals surface area contributed by atoms with Gasteiger partial charge in [-0.15, -0.1) is 0 Å². The quantitative estimate of drug-likeness (QED) is 0.909. The minimum absolute atomic E-state index is 0.676. The van der Waals surface area contributed by atoms with Crippen molar-refractivity contribution in [1.82, 2.24) is 4.98 Å². The molecule has 0 spiro atoms. The van der Waals surface area contributed by atoms with Crippen molar-refractivity contribution in [1.29, 1.82) is 0 Å². The number of aromatic nitrogens is 1. The summed E-state index contributed by atoms with van der Waals surface area (Å²) in [7, 11) is 0. The average Bonchev–Trinajstić information content (AvgIpc) is 2.25. The van der Waals surface area contributed by atoms with Gasteiger partial charge in [-0.05, 0) is 67.2 Å². The number of hydrogen-bond acceptors (Lipinski definition) is 3. The maximum atomic E-state index is 5.61. The van der Waals surface area contributed by atoms with Crippen LogP contribution in [0.4, 0.5) is 5.82 Å². The van der Waals surface area contributed by atoms with Gasteiger partial charge in [0.25, 0.3) is 0 Å². The van der Waals surface area contributed by atoms with Crippen LogP contribution in [0.1, 0.15) is 31.4 Å². The van der Waals surface area contributed by atoms with E-state index < -0.39 is 0 Å². The molecule has 0 bridgehead atoms. The lowest BCUT2D eigenvalue weighted by molar-refractivity contribution is 0.382. The molecular weight excluding hydrogens is 278 g/mol. The molecule has 2 rings (SSSR count). The summed E-state index contributed by atoms with van der Waals surface area (Å²) < 4.78 is 1.08. The van der Waals surface area contributed by atoms with E-state index in [2.05, 4.69) is 37.9 Å². The molecule has 2 N–H and O–H groups in total. The molecule has 1 aliphatic carbocycles. The summed E-state index contributed by atoms with van der Waals surface area (Å²) in [6.45, 7) is 3.81. The van der Waals surface area contributed by atoms with Crippen molar-refractivity contribution in [3.63, 3.8) is 0 Å². The molecule has 0 unspecified atom stereocenters. The summed E-state index contributed by atoms with van der Waals surface area (Å²) in [6.07, 6.45) is 4.97. The Balaban J connectivity index is 2.15. The fourth-order valence-corrected chi connectivity index (χ4v) is 2.36. The van der Waals surface area contributed by atoms with Gasteiger partial charge in [0, 0.05) is 17.1 Å². The van der Waals surface area contributed by atoms with Crippen LogP contribution in [0, 0.1) is 6.92 Å². The van der Waals surface area contributed by atoms with Crippen LogP contribution in [0.15, 0.2) is 16.6 Å². The van der Waals surface area contributed by atoms with Gasteiger partial charge in [0.15, 0.2) is 0 Å². The second-order valence-corrected chi connectivity index (χ2v) is 5.51. The number of hydrogen-bond donors (Lipinski definition) is 1. The molecule has 0 aliphatic heterocycles. The average molecular weight is 298 g/mol. The Morgan fingerprint density at radius 1 is 1.47 bits per heavy atom. The van der Waals surface area contributed by atoms with Gasteiger partial charge < -0.3 is 10.6 Å². The third-order valence-corrected chi connectivity index (χ3v) is 4.26. The highest BCUT2D eigenvalue weighted by Crippen LogP contribution is 2.29. The topological polar surface area (TPSA) is 42.2 Å². The zero-order chi connectivity index (χ0) is 12.3. The molecule has 0 atom stereocenters. The third kappa shape index (κ3) is 2.99. The molecule has 0 aromatic carbocycles. The molecule has 4 heteroatoms. The maximum Gasteiger partial charge on any atom is 0.129 e. The van der Waals surface area contributed by atoms with Gasteiger partial charge in [0.05, 0.1) is 5.69 Å². The Morgan fingerprint density at radius 3 is 2.76 bits per heavy atom. The largest absolute Gasteiger partial charge is 0.354 e. The van der Waals surface area contributed by atoms with Gasteiger partial charge in [-0.2, -0.15) is 0 Å². The number of halogens is 1. The Hall–Kier alpha value is -0.610. The van der Waals surface area contributed by atoms with Crippen LogP contribution >= 0.6 is 15.9 Å². The lowest BCUT2D eigenvalue weighted by atomic mass is 9.91. The molecule has 3 nitrogen and oxygen atoms in total. The highest BCUT2D eigenvalue weighted by molar-refractivity contribution is 9.10. The molecule has 1 saturated carbocycles. The standard InChI is InChI=1S/C13H20BrN3/c1-10-12(14)6-7-13(16-10)17(9-3-8-15)11-4-2-5-11/h6-7,11H,2-5,8-9,15H2,1H3. The first kappa shape index (κ1) is 12.8. The molecule has 0 radical (unpaired) electrons. The van der Waals surface area contributed by atoms with Crippen LogP contribution in [-0.2, 0) is 0 Å². The molecule has 1 aromatic heterocycles. The molecule has 94 valence electrons. The Bertz CT molecular complexity index is 377. The first-order valence-corrected chi connectivity index (χ1v) is 7.11. The first-order chi connectivity index (χ1) is 8.22. The second kappa shape index (κ2) is 5.83. The minimum Gasteiger partial charge on any atom is -0.354 e. The van der Waals surface area contributed by atoms with Crippen molar-refractivity contribution >= 4 is 21.7 Å². The fraction of sp³-hybridized carbons (Fsp3) is 0.615. The summed E-state index contributed by atoms with van der Waals surface area (Å²) >= 11 is 3.50. The van der Waals surface area contributed by atoms with Gasteiger partial charge in [-0.25, -0.2) is 4.98 Å². The minimum atomic E-state index is 0.676. The SMILES string of the molecule is Cc1nc(N(CCCN)C2CCC2)ccc1Br. The lowest BCUT2D eigenvalue weighted by Crippen LogP contribution is -2.42. The van der Waals surface area contributed by atoms with Gasteiger partial charge >= 0.3 is 0 Å². The van der Waals surface area contributed by atoms with Crippen LogP contribution in [0.3, 0.4) is 0 Å². The number of nitrogens with zero attached hydrogens (tertiary/aromatic N) is 2. The van der Waals surface area contributed by atoms with Gasteiger partial charge in [0.2, 0.25) is 0 Å². The van der Waals surface area contributed by atoms with E-state index in [-0.39, 0.29) is 0 Å². The van der Waals surface area contributed by atoms with Crippen LogP contribution in [-0.4, -0.2) is 24.1 Å². The van der Waals surface area contributed by atoms with Crippen LogP contribution < -0.4 is 10.6 Å². The molecule has 0 amide bonds. The number of pyridine rings is 1. The van der Waals surface area contributed by atoms with E-state index in [1.807, 2.05) is 6.92 Å². The van der Waals surface area contributed by atoms with Crippen LogP contribution in [0.25, 0.3) is 0 Å². The number of anilines is 1. The number of aryl methyl sites for hydroxylation is 1. The van der Waals surface area contributed by atoms with E-state index in [1.165, 1.54) is 19.3 Å². The van der Waals surface area contributed by atoms with Crippen LogP contribution in [0.2, 0.25) is 0 Å². The predicted molar refractivity (Wildman–Crippen MR) is 75.3 cm³/mol. The summed E-state index contributed by atoms with van der Waals surface area (Å²) in [5, 5.41) is 0. The highest BCUT2D eigenvalue weighted by Gasteiger charge is 2.25. The van der Waals surface area contributed by atoms with E-state index >= 15 is 0 Å². The van der Waals surface area contributed by atoms with Gasteiger partial charge in [-0.3, -0.25) is 0 Å². The Kier molecular flexibility index (Phi) is 4.40. The summed E-state index contributed by atoms with van der Waals surface area (Å²) in [6, 6.07) is 4.87. The Morgan fingerprint density at radius 2 is 2.24 bits per heavy atom. The fourth-order valence-electron chi connectivity index (χ4n) is 2.13. The van der Waals surface area contributed by atoms with E-state index in [9.17, 15) is 0 Å². The molecule has 0 saturated heterocycles. The van der Waals surface area contributed by atoms with Gasteiger partial charge in [-0.1, -0.05) is 0 Å². The normalized spacial score (nSPS) is 15.7. The van der Waals surface area contributed by atoms with Crippen molar-refractivity contribution in [2.45, 2.75) is 38.6 Å². The molecule has 1 aromatic rings. The van der Waals surface area contributed by atoms with Crippen molar-refractivity contribution in [2.75, 3.05) is 18.0 Å². The summed E-state index contributed by atoms with van der Waals surface area (Å²) in [5.41, 5.74) is 6.67. The predicted octanol–water partition coefficient (Wildman–Crippen LogP) is 2.86. The summed E-state index contributed by atoms with van der Waals surface area (Å²) in [4.78, 5) is 7.09. The molecule has 1 aliphatic rings. The number of nitrogens with two attached hydrogens (primary N) is 1. The second-order valence-electron chi connectivity index (χ2n) is 4.66. The van der Waals surface area contributed by atoms with Crippen molar-refractivity contribution in [2.24, 2.45) is 5.73 Å². The van der Waals surface area contributed by atoms with Crippen molar-refractivity contribution in [3.05, 3.63) is 22.3 Å². The van der Waals surface area contributed by atoms with E-state index in [4.69, 9.17) is 5.73 Å². The molecular formula is C13H20BrN3. The lowest BCUT2D eigenvalue weighted by Gasteiger charge is -2.38. The van der Waals surface area contributed by atoms with Crippen LogP contribution in [0.5, 0.6) is 0 Å². The van der Waals surface area contributed by atoms with Crippen molar-refractivity contribution < 1.29 is 0 Å². The first-order valence-electron chi connectivity index (χ1n) is 6.32. The maximum absolute atomic E-state index is 5.61. The highest BCUT2D eigenvalue weighted by atomic mass is 79.9. The molecule has 1 heterocycles.